The molecule has 0 bridgehead atoms. The van der Waals surface area contributed by atoms with Gasteiger partial charge in [0.2, 0.25) is 0 Å². The lowest BCUT2D eigenvalue weighted by atomic mass is 9.35. The number of fused-ring (bicyclic) bond motifs is 8. The highest BCUT2D eigenvalue weighted by molar-refractivity contribution is 6.98. The van der Waals surface area contributed by atoms with E-state index in [1.165, 1.54) is 0 Å². The van der Waals surface area contributed by atoms with Gasteiger partial charge in [-0.2, -0.15) is 0 Å². The van der Waals surface area contributed by atoms with Crippen LogP contribution < -0.4 is 30.8 Å². The zero-order valence-electron chi connectivity index (χ0n) is 22.0. The Balaban J connectivity index is 1.24. The first kappa shape index (κ1) is 22.4. The second-order valence-electron chi connectivity index (χ2n) is 10.5. The van der Waals surface area contributed by atoms with Gasteiger partial charge in [0.15, 0.2) is 11.3 Å². The predicted molar refractivity (Wildman–Crippen MR) is 166 cm³/mol. The molecule has 0 atom stereocenters. The van der Waals surface area contributed by atoms with E-state index in [-0.39, 0.29) is 6.71 Å². The average molecular weight is 527 g/mol. The molecule has 0 fully saturated rings. The van der Waals surface area contributed by atoms with E-state index >= 15 is 0 Å². The van der Waals surface area contributed by atoms with Crippen molar-refractivity contribution < 1.29 is 13.9 Å². The number of furan rings is 1. The van der Waals surface area contributed by atoms with Gasteiger partial charge in [-0.25, -0.2) is 0 Å². The van der Waals surface area contributed by atoms with Crippen LogP contribution in [0.4, 0.5) is 17.1 Å². The average Bonchev–Trinajstić information content (AvgIpc) is 3.41. The van der Waals surface area contributed by atoms with E-state index in [1.54, 1.807) is 0 Å². The summed E-state index contributed by atoms with van der Waals surface area (Å²) in [6.45, 7) is 0.00901. The summed E-state index contributed by atoms with van der Waals surface area (Å²) in [5.74, 6) is 3.30. The minimum Gasteiger partial charge on any atom is -0.458 e. The normalized spacial score (nSPS) is 12.7. The molecule has 9 rings (SSSR count). The van der Waals surface area contributed by atoms with Crippen molar-refractivity contribution >= 4 is 62.1 Å². The summed E-state index contributed by atoms with van der Waals surface area (Å²) < 4.78 is 19.6. The Bertz CT molecular complexity index is 2080. The standard InChI is InChI=1S/C36H22BNO3/c1-3-10-23(11-4-1)38(24-12-5-2-6-13-24)25-18-19-26-27-20-21-29-36(35(27)41-33(26)22-25)40-32-17-9-16-31-34(32)37(29)28-14-7-8-15-30(28)39-31/h1-22H. The predicted octanol–water partition coefficient (Wildman–Crippen LogP) is 7.78. The molecule has 0 unspecified atom stereocenters. The molecule has 2 aliphatic rings. The van der Waals surface area contributed by atoms with E-state index in [0.29, 0.717) is 0 Å². The van der Waals surface area contributed by atoms with Crippen molar-refractivity contribution in [1.29, 1.82) is 0 Å². The molecule has 3 heterocycles. The summed E-state index contributed by atoms with van der Waals surface area (Å²) in [4.78, 5) is 2.25. The van der Waals surface area contributed by atoms with Gasteiger partial charge in [0.25, 0.3) is 6.71 Å². The van der Waals surface area contributed by atoms with Crippen molar-refractivity contribution in [2.45, 2.75) is 0 Å². The number of rotatable bonds is 3. The molecule has 41 heavy (non-hydrogen) atoms. The number of para-hydroxylation sites is 3. The molecule has 6 aromatic carbocycles. The van der Waals surface area contributed by atoms with Crippen LogP contribution in [-0.4, -0.2) is 6.71 Å². The molecule has 0 N–H and O–H groups in total. The number of hydrogen-bond acceptors (Lipinski definition) is 4. The van der Waals surface area contributed by atoms with E-state index in [4.69, 9.17) is 13.9 Å². The Morgan fingerprint density at radius 1 is 0.488 bits per heavy atom. The van der Waals surface area contributed by atoms with Crippen LogP contribution in [0.5, 0.6) is 23.0 Å². The molecule has 0 saturated carbocycles. The molecular formula is C36H22BNO3. The Hall–Kier alpha value is -5.42. The summed E-state index contributed by atoms with van der Waals surface area (Å²) in [6.07, 6.45) is 0. The van der Waals surface area contributed by atoms with Crippen LogP contribution in [0.2, 0.25) is 0 Å². The lowest BCUT2D eigenvalue weighted by molar-refractivity contribution is 0.461. The molecule has 0 saturated heterocycles. The molecule has 0 aliphatic carbocycles. The molecule has 0 spiro atoms. The van der Waals surface area contributed by atoms with Gasteiger partial charge >= 0.3 is 0 Å². The highest BCUT2D eigenvalue weighted by atomic mass is 16.5. The third-order valence-corrected chi connectivity index (χ3v) is 8.18. The molecular weight excluding hydrogens is 505 g/mol. The number of hydrogen-bond donors (Lipinski definition) is 0. The third kappa shape index (κ3) is 3.29. The fourth-order valence-electron chi connectivity index (χ4n) is 6.40. The van der Waals surface area contributed by atoms with Gasteiger partial charge in [-0.1, -0.05) is 72.8 Å². The first-order chi connectivity index (χ1) is 20.3. The molecule has 7 aromatic rings. The summed E-state index contributed by atoms with van der Waals surface area (Å²) in [5, 5.41) is 2.10. The maximum absolute atomic E-state index is 6.67. The number of anilines is 3. The van der Waals surface area contributed by atoms with Gasteiger partial charge in [0, 0.05) is 39.4 Å². The van der Waals surface area contributed by atoms with Crippen molar-refractivity contribution in [3.8, 4) is 23.0 Å². The van der Waals surface area contributed by atoms with E-state index in [0.717, 1.165) is 78.4 Å². The largest absolute Gasteiger partial charge is 0.458 e. The van der Waals surface area contributed by atoms with Gasteiger partial charge in [-0.3, -0.25) is 0 Å². The number of nitrogens with zero attached hydrogens (tertiary/aromatic N) is 1. The van der Waals surface area contributed by atoms with Crippen molar-refractivity contribution in [1.82, 2.24) is 0 Å². The first-order valence-corrected chi connectivity index (χ1v) is 13.8. The Kier molecular flexibility index (Phi) is 4.67. The van der Waals surface area contributed by atoms with Crippen LogP contribution in [-0.2, 0) is 0 Å². The number of benzene rings is 6. The van der Waals surface area contributed by atoms with Gasteiger partial charge < -0.3 is 18.8 Å². The van der Waals surface area contributed by atoms with Gasteiger partial charge in [0.1, 0.15) is 22.8 Å². The molecule has 1 aromatic heterocycles. The van der Waals surface area contributed by atoms with Crippen LogP contribution in [0.15, 0.2) is 138 Å². The SMILES string of the molecule is c1ccc(N(c2ccccc2)c2ccc3c(c2)oc2c4c(ccc23)B2c3ccccc3Oc3cccc(c32)O4)cc1. The minimum atomic E-state index is 0.00901. The molecule has 2 aliphatic heterocycles. The maximum Gasteiger partial charge on any atom is 0.260 e. The summed E-state index contributed by atoms with van der Waals surface area (Å²) in [7, 11) is 0. The van der Waals surface area contributed by atoms with Crippen molar-refractivity contribution in [2.24, 2.45) is 0 Å². The maximum atomic E-state index is 6.67. The molecule has 4 nitrogen and oxygen atoms in total. The highest BCUT2D eigenvalue weighted by Gasteiger charge is 2.41. The molecule has 5 heteroatoms. The van der Waals surface area contributed by atoms with Crippen molar-refractivity contribution in [2.75, 3.05) is 4.90 Å². The topological polar surface area (TPSA) is 34.8 Å². The second-order valence-corrected chi connectivity index (χ2v) is 10.5. The fourth-order valence-corrected chi connectivity index (χ4v) is 6.40. The Labute approximate surface area is 237 Å². The van der Waals surface area contributed by atoms with Gasteiger partial charge in [-0.15, -0.1) is 0 Å². The third-order valence-electron chi connectivity index (χ3n) is 8.18. The summed E-state index contributed by atoms with van der Waals surface area (Å²) >= 11 is 0. The van der Waals surface area contributed by atoms with Gasteiger partial charge in [0.05, 0.1) is 0 Å². The molecule has 0 amide bonds. The van der Waals surface area contributed by atoms with Crippen LogP contribution in [0.1, 0.15) is 0 Å². The lowest BCUT2D eigenvalue weighted by Crippen LogP contribution is -2.57. The van der Waals surface area contributed by atoms with Gasteiger partial charge in [-0.05, 0) is 65.5 Å². The molecule has 192 valence electrons. The van der Waals surface area contributed by atoms with E-state index in [9.17, 15) is 0 Å². The van der Waals surface area contributed by atoms with Crippen molar-refractivity contribution in [3.63, 3.8) is 0 Å². The fraction of sp³-hybridized carbons (Fsp3) is 0. The van der Waals surface area contributed by atoms with Crippen LogP contribution in [0.25, 0.3) is 21.9 Å². The van der Waals surface area contributed by atoms with Crippen molar-refractivity contribution in [3.05, 3.63) is 133 Å². The first-order valence-electron chi connectivity index (χ1n) is 13.8. The van der Waals surface area contributed by atoms with Crippen LogP contribution >= 0.6 is 0 Å². The highest BCUT2D eigenvalue weighted by Crippen LogP contribution is 2.42. The second kappa shape index (κ2) is 8.54. The van der Waals surface area contributed by atoms with Crippen LogP contribution in [0, 0.1) is 0 Å². The zero-order chi connectivity index (χ0) is 26.9. The van der Waals surface area contributed by atoms with Crippen LogP contribution in [0.3, 0.4) is 0 Å². The minimum absolute atomic E-state index is 0.00901. The summed E-state index contributed by atoms with van der Waals surface area (Å²) in [5.41, 5.74) is 8.06. The zero-order valence-corrected chi connectivity index (χ0v) is 22.0. The summed E-state index contributed by atoms with van der Waals surface area (Å²) in [6, 6.07) is 45.9. The Morgan fingerprint density at radius 3 is 1.93 bits per heavy atom. The molecule has 0 radical (unpaired) electrons. The number of ether oxygens (including phenoxy) is 2. The smallest absolute Gasteiger partial charge is 0.260 e. The Morgan fingerprint density at radius 2 is 1.15 bits per heavy atom. The lowest BCUT2D eigenvalue weighted by Gasteiger charge is -2.32. The van der Waals surface area contributed by atoms with E-state index < -0.39 is 0 Å². The monoisotopic (exact) mass is 527 g/mol. The van der Waals surface area contributed by atoms with E-state index in [1.807, 2.05) is 42.5 Å². The van der Waals surface area contributed by atoms with E-state index in [2.05, 4.69) is 95.9 Å². The quantitative estimate of drug-likeness (QED) is 0.220.